The number of imide groups is 1. The highest BCUT2D eigenvalue weighted by molar-refractivity contribution is 8.18. The van der Waals surface area contributed by atoms with E-state index in [1.807, 2.05) is 30.3 Å². The molecule has 1 aliphatic rings. The van der Waals surface area contributed by atoms with E-state index in [0.717, 1.165) is 33.9 Å². The highest BCUT2D eigenvalue weighted by atomic mass is 32.2. The highest BCUT2D eigenvalue weighted by Gasteiger charge is 2.36. The Morgan fingerprint density at radius 2 is 1.63 bits per heavy atom. The van der Waals surface area contributed by atoms with Crippen LogP contribution in [0, 0.1) is 20.2 Å². The fourth-order valence-electron chi connectivity index (χ4n) is 4.10. The molecule has 0 spiro atoms. The smallest absolute Gasteiger partial charge is 0.318 e. The van der Waals surface area contributed by atoms with Crippen molar-refractivity contribution in [2.24, 2.45) is 0 Å². The molecule has 204 valence electrons. The molecular formula is C28H18N4O8S. The second-order valence-electron chi connectivity index (χ2n) is 8.65. The Bertz CT molecular complexity index is 1780. The van der Waals surface area contributed by atoms with E-state index in [0.29, 0.717) is 23.0 Å². The first-order chi connectivity index (χ1) is 19.7. The highest BCUT2D eigenvalue weighted by Crippen LogP contribution is 2.38. The van der Waals surface area contributed by atoms with Gasteiger partial charge in [-0.05, 0) is 41.4 Å². The van der Waals surface area contributed by atoms with Gasteiger partial charge in [0.25, 0.3) is 16.8 Å². The van der Waals surface area contributed by atoms with Crippen molar-refractivity contribution in [2.45, 2.75) is 0 Å². The third-order valence-corrected chi connectivity index (χ3v) is 6.92. The summed E-state index contributed by atoms with van der Waals surface area (Å²) in [6.45, 7) is -0.502. The van der Waals surface area contributed by atoms with Crippen LogP contribution in [0.25, 0.3) is 16.8 Å². The van der Waals surface area contributed by atoms with Crippen LogP contribution in [-0.4, -0.2) is 38.3 Å². The minimum Gasteiger partial charge on any atom is -0.449 e. The molecule has 3 amide bonds. The van der Waals surface area contributed by atoms with Gasteiger partial charge in [0.1, 0.15) is 12.3 Å². The summed E-state index contributed by atoms with van der Waals surface area (Å²) in [6.07, 6.45) is 1.38. The minimum atomic E-state index is -0.806. The molecule has 12 nitrogen and oxygen atoms in total. The van der Waals surface area contributed by atoms with Crippen molar-refractivity contribution in [3.8, 4) is 11.5 Å². The first kappa shape index (κ1) is 27.0. The summed E-state index contributed by atoms with van der Waals surface area (Å²) in [5.74, 6) is -1.40. The van der Waals surface area contributed by atoms with Crippen molar-refractivity contribution < 1.29 is 29.0 Å². The summed E-state index contributed by atoms with van der Waals surface area (Å²) < 4.78 is 5.71. The van der Waals surface area contributed by atoms with Crippen LogP contribution in [0.4, 0.5) is 21.9 Å². The van der Waals surface area contributed by atoms with E-state index in [1.165, 1.54) is 12.1 Å². The number of hydrogen-bond donors (Lipinski definition) is 1. The van der Waals surface area contributed by atoms with Crippen LogP contribution in [-0.2, 0) is 9.59 Å². The first-order valence-electron chi connectivity index (χ1n) is 11.9. The number of hydrogen-bond acceptors (Lipinski definition) is 9. The Morgan fingerprint density at radius 1 is 0.902 bits per heavy atom. The lowest BCUT2D eigenvalue weighted by Crippen LogP contribution is -2.36. The predicted octanol–water partition coefficient (Wildman–Crippen LogP) is 6.12. The zero-order valence-corrected chi connectivity index (χ0v) is 21.7. The van der Waals surface area contributed by atoms with E-state index in [9.17, 15) is 34.6 Å². The lowest BCUT2D eigenvalue weighted by atomic mass is 10.1. The molecule has 0 aromatic heterocycles. The number of fused-ring (bicyclic) bond motifs is 1. The Balaban J connectivity index is 1.35. The van der Waals surface area contributed by atoms with Gasteiger partial charge in [0, 0.05) is 22.7 Å². The van der Waals surface area contributed by atoms with Crippen molar-refractivity contribution >= 4 is 62.7 Å². The molecule has 0 bridgehead atoms. The van der Waals surface area contributed by atoms with E-state index in [4.69, 9.17) is 4.74 Å². The topological polar surface area (TPSA) is 162 Å². The Kier molecular flexibility index (Phi) is 7.43. The van der Waals surface area contributed by atoms with Crippen LogP contribution in [0.2, 0.25) is 0 Å². The number of rotatable bonds is 8. The molecule has 13 heteroatoms. The number of benzene rings is 4. The molecular weight excluding hydrogens is 552 g/mol. The van der Waals surface area contributed by atoms with Crippen molar-refractivity contribution in [2.75, 3.05) is 11.9 Å². The fourth-order valence-corrected chi connectivity index (χ4v) is 4.93. The summed E-state index contributed by atoms with van der Waals surface area (Å²) in [4.78, 5) is 60.3. The van der Waals surface area contributed by atoms with Gasteiger partial charge in [0.05, 0.1) is 20.8 Å². The molecule has 0 unspecified atom stereocenters. The monoisotopic (exact) mass is 570 g/mol. The molecule has 0 saturated carbocycles. The number of non-ortho nitro benzene ring substituents is 1. The number of carbonyl (C=O) groups excluding carboxylic acids is 3. The summed E-state index contributed by atoms with van der Waals surface area (Å²) in [5, 5.41) is 26.4. The lowest BCUT2D eigenvalue weighted by molar-refractivity contribution is -0.394. The first-order valence-corrected chi connectivity index (χ1v) is 12.8. The second-order valence-corrected chi connectivity index (χ2v) is 9.64. The Morgan fingerprint density at radius 3 is 2.41 bits per heavy atom. The average molecular weight is 571 g/mol. The van der Waals surface area contributed by atoms with Crippen molar-refractivity contribution in [3.63, 3.8) is 0 Å². The van der Waals surface area contributed by atoms with Crippen LogP contribution in [0.1, 0.15) is 5.56 Å². The maximum absolute atomic E-state index is 13.1. The zero-order chi connectivity index (χ0) is 29.1. The predicted molar refractivity (Wildman–Crippen MR) is 152 cm³/mol. The molecule has 4 aromatic carbocycles. The number of anilines is 1. The second kappa shape index (κ2) is 11.3. The quantitative estimate of drug-likeness (QED) is 0.149. The number of thioether (sulfide) groups is 1. The molecule has 0 atom stereocenters. The van der Waals surface area contributed by atoms with Crippen LogP contribution in [0.15, 0.2) is 89.8 Å². The number of nitrogens with zero attached hydrogens (tertiary/aromatic N) is 3. The molecule has 5 rings (SSSR count). The summed E-state index contributed by atoms with van der Waals surface area (Å²) in [5.41, 5.74) is -0.241. The fraction of sp³-hybridized carbons (Fsp3) is 0.0357. The average Bonchev–Trinajstić information content (AvgIpc) is 3.21. The Labute approximate surface area is 235 Å². The van der Waals surface area contributed by atoms with Gasteiger partial charge >= 0.3 is 5.69 Å². The minimum absolute atomic E-state index is 0.0159. The maximum atomic E-state index is 13.1. The number of nitro groups is 2. The largest absolute Gasteiger partial charge is 0.449 e. The third kappa shape index (κ3) is 5.74. The third-order valence-electron chi connectivity index (χ3n) is 6.01. The van der Waals surface area contributed by atoms with E-state index < -0.39 is 44.8 Å². The van der Waals surface area contributed by atoms with E-state index in [2.05, 4.69) is 5.32 Å². The molecule has 1 fully saturated rings. The zero-order valence-electron chi connectivity index (χ0n) is 20.9. The number of amides is 3. The van der Waals surface area contributed by atoms with Crippen molar-refractivity contribution in [3.05, 3.63) is 116 Å². The van der Waals surface area contributed by atoms with E-state index >= 15 is 0 Å². The van der Waals surface area contributed by atoms with Crippen molar-refractivity contribution in [1.82, 2.24) is 4.90 Å². The summed E-state index contributed by atoms with van der Waals surface area (Å²) in [6, 6.07) is 22.1. The molecule has 0 aliphatic carbocycles. The van der Waals surface area contributed by atoms with Gasteiger partial charge < -0.3 is 10.1 Å². The number of ether oxygens (including phenoxy) is 1. The number of nitro benzene ring substituents is 2. The van der Waals surface area contributed by atoms with Crippen LogP contribution < -0.4 is 10.1 Å². The molecule has 1 N–H and O–H groups in total. The van der Waals surface area contributed by atoms with Crippen LogP contribution >= 0.6 is 11.8 Å². The molecule has 0 radical (unpaired) electrons. The molecule has 1 saturated heterocycles. The maximum Gasteiger partial charge on any atom is 0.318 e. The van der Waals surface area contributed by atoms with Crippen LogP contribution in [0.5, 0.6) is 11.5 Å². The summed E-state index contributed by atoms with van der Waals surface area (Å²) >= 11 is 0.635. The van der Waals surface area contributed by atoms with Crippen LogP contribution in [0.3, 0.4) is 0 Å². The van der Waals surface area contributed by atoms with Gasteiger partial charge in [-0.2, -0.15) is 0 Å². The van der Waals surface area contributed by atoms with Gasteiger partial charge in [-0.15, -0.1) is 0 Å². The van der Waals surface area contributed by atoms with Crippen molar-refractivity contribution in [1.29, 1.82) is 0 Å². The molecule has 41 heavy (non-hydrogen) atoms. The molecule has 1 heterocycles. The normalized spacial score (nSPS) is 14.0. The number of carbonyl (C=O) groups is 3. The lowest BCUT2D eigenvalue weighted by Gasteiger charge is -2.13. The molecule has 4 aromatic rings. The number of nitrogens with one attached hydrogen (secondary N) is 1. The molecule has 1 aliphatic heterocycles. The van der Waals surface area contributed by atoms with Gasteiger partial charge in [-0.1, -0.05) is 54.6 Å². The van der Waals surface area contributed by atoms with Gasteiger partial charge in [0.15, 0.2) is 0 Å². The SMILES string of the molecule is O=C(CN1C(=O)S/C(=C/c2ccccc2Oc2ccc([N+](=O)[O-])cc2[N+](=O)[O-])C1=O)Nc1cccc2ccccc12. The van der Waals surface area contributed by atoms with Gasteiger partial charge in [0.2, 0.25) is 11.7 Å². The van der Waals surface area contributed by atoms with E-state index in [1.54, 1.807) is 30.3 Å². The number of para-hydroxylation sites is 1. The van der Waals surface area contributed by atoms with E-state index in [-0.39, 0.29) is 16.4 Å². The Hall–Kier alpha value is -5.56. The summed E-state index contributed by atoms with van der Waals surface area (Å²) in [7, 11) is 0. The standard InChI is InChI=1S/C28H18N4O8S/c33-26(29-21-10-5-8-17-6-1-3-9-20(17)21)16-30-27(34)25(41-28(30)35)14-18-7-2-4-11-23(18)40-24-13-12-19(31(36)37)15-22(24)32(38)39/h1-15H,16H2,(H,29,33)/b25-14+. The van der Waals surface area contributed by atoms with Gasteiger partial charge in [-0.25, -0.2) is 0 Å². The van der Waals surface area contributed by atoms with Gasteiger partial charge in [-0.3, -0.25) is 39.5 Å².